The van der Waals surface area contributed by atoms with E-state index in [0.717, 1.165) is 38.0 Å². The monoisotopic (exact) mass is 324 g/mol. The van der Waals surface area contributed by atoms with Gasteiger partial charge in [0.1, 0.15) is 17.3 Å². The quantitative estimate of drug-likeness (QED) is 0.845. The minimum absolute atomic E-state index is 0.0335. The first-order valence-corrected chi connectivity index (χ1v) is 7.53. The second-order valence-corrected chi connectivity index (χ2v) is 5.58. The molecule has 3 heterocycles. The Kier molecular flexibility index (Phi) is 4.40. The van der Waals surface area contributed by atoms with Gasteiger partial charge in [-0.2, -0.15) is 8.78 Å². The van der Waals surface area contributed by atoms with E-state index in [-0.39, 0.29) is 23.4 Å². The van der Waals surface area contributed by atoms with E-state index in [1.165, 1.54) is 12.1 Å². The third-order valence-corrected chi connectivity index (χ3v) is 4.09. The number of amides is 1. The van der Waals surface area contributed by atoms with Gasteiger partial charge in [0.15, 0.2) is 0 Å². The Hall–Kier alpha value is -2.25. The predicted octanol–water partition coefficient (Wildman–Crippen LogP) is 1.63. The van der Waals surface area contributed by atoms with E-state index in [0.29, 0.717) is 6.54 Å². The summed E-state index contributed by atoms with van der Waals surface area (Å²) in [5.74, 6) is 0.669. The first-order chi connectivity index (χ1) is 11.1. The molecule has 1 saturated heterocycles. The molecule has 0 saturated carbocycles. The molecule has 23 heavy (non-hydrogen) atoms. The van der Waals surface area contributed by atoms with Crippen molar-refractivity contribution in [3.63, 3.8) is 0 Å². The van der Waals surface area contributed by atoms with Crippen LogP contribution < -0.4 is 4.74 Å². The van der Waals surface area contributed by atoms with Gasteiger partial charge in [-0.05, 0) is 25.0 Å². The Morgan fingerprint density at radius 2 is 2.22 bits per heavy atom. The molecular formula is C15H18F2N4O2. The first-order valence-electron chi connectivity index (χ1n) is 7.53. The Bertz CT molecular complexity index is 606. The summed E-state index contributed by atoms with van der Waals surface area (Å²) >= 11 is 0. The van der Waals surface area contributed by atoms with Gasteiger partial charge in [0, 0.05) is 20.1 Å². The third-order valence-electron chi connectivity index (χ3n) is 4.09. The molecule has 0 spiro atoms. The van der Waals surface area contributed by atoms with E-state index in [1.54, 1.807) is 4.90 Å². The first kappa shape index (κ1) is 15.6. The van der Waals surface area contributed by atoms with Crippen molar-refractivity contribution in [1.29, 1.82) is 0 Å². The maximum absolute atomic E-state index is 12.7. The summed E-state index contributed by atoms with van der Waals surface area (Å²) in [7, 11) is 1.97. The molecule has 6 nitrogen and oxygen atoms in total. The zero-order valence-electron chi connectivity index (χ0n) is 12.8. The van der Waals surface area contributed by atoms with Crippen LogP contribution in [0.25, 0.3) is 0 Å². The van der Waals surface area contributed by atoms with Crippen LogP contribution >= 0.6 is 0 Å². The summed E-state index contributed by atoms with van der Waals surface area (Å²) in [5.41, 5.74) is 0.222. The van der Waals surface area contributed by atoms with Gasteiger partial charge in [-0.25, -0.2) is 4.98 Å². The third kappa shape index (κ3) is 3.25. The van der Waals surface area contributed by atoms with E-state index in [1.807, 2.05) is 7.05 Å². The lowest BCUT2D eigenvalue weighted by Gasteiger charge is -2.28. The lowest BCUT2D eigenvalue weighted by atomic mass is 10.2. The summed E-state index contributed by atoms with van der Waals surface area (Å²) < 4.78 is 28.5. The van der Waals surface area contributed by atoms with Crippen molar-refractivity contribution in [3.05, 3.63) is 24.0 Å². The molecule has 1 amide bonds. The summed E-state index contributed by atoms with van der Waals surface area (Å²) in [6.45, 7) is -0.640. The zero-order valence-corrected chi connectivity index (χ0v) is 12.8. The maximum Gasteiger partial charge on any atom is 0.387 e. The average molecular weight is 324 g/mol. The Morgan fingerprint density at radius 3 is 2.83 bits per heavy atom. The molecule has 124 valence electrons. The van der Waals surface area contributed by atoms with Gasteiger partial charge >= 0.3 is 6.61 Å². The minimum atomic E-state index is -2.91. The topological polar surface area (TPSA) is 58.0 Å². The number of nitrogens with zero attached hydrogens (tertiary/aromatic N) is 4. The van der Waals surface area contributed by atoms with Crippen molar-refractivity contribution in [1.82, 2.24) is 14.8 Å². The number of amidine groups is 1. The second kappa shape index (κ2) is 6.47. The highest BCUT2D eigenvalue weighted by atomic mass is 19.3. The zero-order chi connectivity index (χ0) is 16.4. The second-order valence-electron chi connectivity index (χ2n) is 5.58. The molecule has 1 aromatic heterocycles. The number of rotatable bonds is 4. The number of carbonyl (C=O) groups excluding carboxylic acids is 1. The lowest BCUT2D eigenvalue weighted by Crippen LogP contribution is -2.45. The number of hydrogen-bond donors (Lipinski definition) is 0. The number of carbonyl (C=O) groups is 1. The van der Waals surface area contributed by atoms with Gasteiger partial charge in [0.2, 0.25) is 0 Å². The van der Waals surface area contributed by atoms with Crippen LogP contribution in [0.15, 0.2) is 23.3 Å². The van der Waals surface area contributed by atoms with Crippen molar-refractivity contribution < 1.29 is 18.3 Å². The standard InChI is InChI=1S/C15H18F2N4O2/c1-20-8-6-18-13(20)12-3-2-7-21(12)14(22)11-5-4-10(9-19-11)23-15(16)17/h4-5,9,12,15H,2-3,6-8H2,1H3. The van der Waals surface area contributed by atoms with Gasteiger partial charge < -0.3 is 14.5 Å². The molecule has 0 radical (unpaired) electrons. The van der Waals surface area contributed by atoms with Crippen molar-refractivity contribution >= 4 is 11.7 Å². The van der Waals surface area contributed by atoms with Crippen LogP contribution in [0.2, 0.25) is 0 Å². The predicted molar refractivity (Wildman–Crippen MR) is 79.9 cm³/mol. The number of pyridine rings is 1. The normalized spacial score (nSPS) is 21.0. The van der Waals surface area contributed by atoms with Crippen molar-refractivity contribution in [2.24, 2.45) is 4.99 Å². The molecular weight excluding hydrogens is 306 g/mol. The highest BCUT2D eigenvalue weighted by Gasteiger charge is 2.36. The highest BCUT2D eigenvalue weighted by Crippen LogP contribution is 2.24. The van der Waals surface area contributed by atoms with Crippen LogP contribution in [0.3, 0.4) is 0 Å². The van der Waals surface area contributed by atoms with Crippen molar-refractivity contribution in [2.75, 3.05) is 26.7 Å². The maximum atomic E-state index is 12.7. The largest absolute Gasteiger partial charge is 0.433 e. The smallest absolute Gasteiger partial charge is 0.387 e. The fourth-order valence-corrected chi connectivity index (χ4v) is 3.01. The molecule has 0 aromatic carbocycles. The Morgan fingerprint density at radius 1 is 1.39 bits per heavy atom. The van der Waals surface area contributed by atoms with Gasteiger partial charge in [-0.3, -0.25) is 9.79 Å². The number of ether oxygens (including phenoxy) is 1. The van der Waals surface area contributed by atoms with E-state index < -0.39 is 6.61 Å². The highest BCUT2D eigenvalue weighted by molar-refractivity contribution is 5.98. The van der Waals surface area contributed by atoms with Crippen LogP contribution in [0.4, 0.5) is 8.78 Å². The molecule has 1 aromatic rings. The SMILES string of the molecule is CN1CCN=C1C1CCCN1C(=O)c1ccc(OC(F)F)cn1. The van der Waals surface area contributed by atoms with Crippen LogP contribution in [-0.4, -0.2) is 65.9 Å². The number of aliphatic imine (C=N–C) groups is 1. The Labute approximate surface area is 132 Å². The van der Waals surface area contributed by atoms with E-state index in [4.69, 9.17) is 0 Å². The molecule has 2 aliphatic rings. The fourth-order valence-electron chi connectivity index (χ4n) is 3.01. The number of aromatic nitrogens is 1. The number of alkyl halides is 2. The minimum Gasteiger partial charge on any atom is -0.433 e. The summed E-state index contributed by atoms with van der Waals surface area (Å²) in [4.78, 5) is 24.9. The van der Waals surface area contributed by atoms with Gasteiger partial charge in [-0.1, -0.05) is 0 Å². The molecule has 8 heteroatoms. The number of likely N-dealkylation sites (N-methyl/N-ethyl adjacent to an activating group) is 1. The molecule has 1 fully saturated rings. The lowest BCUT2D eigenvalue weighted by molar-refractivity contribution is -0.0500. The molecule has 0 bridgehead atoms. The Balaban J connectivity index is 1.74. The van der Waals surface area contributed by atoms with E-state index in [9.17, 15) is 13.6 Å². The van der Waals surface area contributed by atoms with Gasteiger partial charge in [0.25, 0.3) is 5.91 Å². The number of halogens is 2. The van der Waals surface area contributed by atoms with Gasteiger partial charge in [0.05, 0.1) is 18.8 Å². The van der Waals surface area contributed by atoms with Crippen LogP contribution in [0.5, 0.6) is 5.75 Å². The summed E-state index contributed by atoms with van der Waals surface area (Å²) in [5, 5.41) is 0. The summed E-state index contributed by atoms with van der Waals surface area (Å²) in [6, 6.07) is 2.71. The summed E-state index contributed by atoms with van der Waals surface area (Å²) in [6.07, 6.45) is 2.93. The molecule has 0 N–H and O–H groups in total. The molecule has 1 atom stereocenters. The fraction of sp³-hybridized carbons (Fsp3) is 0.533. The van der Waals surface area contributed by atoms with E-state index >= 15 is 0 Å². The van der Waals surface area contributed by atoms with E-state index in [2.05, 4.69) is 19.6 Å². The van der Waals surface area contributed by atoms with Crippen LogP contribution in [-0.2, 0) is 0 Å². The van der Waals surface area contributed by atoms with Gasteiger partial charge in [-0.15, -0.1) is 0 Å². The average Bonchev–Trinajstić information content (AvgIpc) is 3.15. The van der Waals surface area contributed by atoms with Crippen molar-refractivity contribution in [2.45, 2.75) is 25.5 Å². The molecule has 2 aliphatic heterocycles. The molecule has 1 unspecified atom stereocenters. The number of hydrogen-bond acceptors (Lipinski definition) is 5. The van der Waals surface area contributed by atoms with Crippen molar-refractivity contribution in [3.8, 4) is 5.75 Å². The number of likely N-dealkylation sites (tertiary alicyclic amines) is 1. The van der Waals surface area contributed by atoms with Crippen LogP contribution in [0, 0.1) is 0 Å². The molecule has 0 aliphatic carbocycles. The molecule has 3 rings (SSSR count). The van der Waals surface area contributed by atoms with Crippen LogP contribution in [0.1, 0.15) is 23.3 Å².